The van der Waals surface area contributed by atoms with E-state index in [2.05, 4.69) is 0 Å². The number of hydrogen-bond acceptors (Lipinski definition) is 16. The first-order valence-corrected chi connectivity index (χ1v) is 6.71. The molecule has 0 aromatic heterocycles. The summed E-state index contributed by atoms with van der Waals surface area (Å²) in [6.07, 6.45) is -6.06. The lowest BCUT2D eigenvalue weighted by atomic mass is 10.5. The minimum Gasteiger partial charge on any atom is -0.369 e. The Hall–Kier alpha value is -3.88. The number of nitro groups is 4. The third kappa shape index (κ3) is 5.07. The lowest BCUT2D eigenvalue weighted by molar-refractivity contribution is -0.618. The van der Waals surface area contributed by atoms with Crippen LogP contribution in [0, 0.1) is 40.5 Å². The topological polar surface area (TPSA) is 302 Å². The van der Waals surface area contributed by atoms with E-state index >= 15 is 0 Å². The van der Waals surface area contributed by atoms with Crippen molar-refractivity contribution >= 4 is 0 Å². The van der Waals surface area contributed by atoms with Gasteiger partial charge in [0, 0.05) is 0 Å². The fraction of sp³-hybridized carbons (Fsp3) is 0.500. The quantitative estimate of drug-likeness (QED) is 0.158. The van der Waals surface area contributed by atoms with Gasteiger partial charge in [-0.1, -0.05) is 0 Å². The predicted octanol–water partition coefficient (Wildman–Crippen LogP) is -5.01. The van der Waals surface area contributed by atoms with Gasteiger partial charge < -0.3 is 41.7 Å². The lowest BCUT2D eigenvalue weighted by Gasteiger charge is -2.02. The van der Waals surface area contributed by atoms with Gasteiger partial charge in [-0.2, -0.15) is 0 Å². The molecule has 0 radical (unpaired) electrons. The Bertz CT molecular complexity index is 632. The van der Waals surface area contributed by atoms with Gasteiger partial charge in [-0.15, -0.1) is 0 Å². The van der Waals surface area contributed by atoms with E-state index in [-0.39, 0.29) is 0 Å². The van der Waals surface area contributed by atoms with Crippen molar-refractivity contribution in [3.8, 4) is 0 Å². The molecule has 0 spiro atoms. The summed E-state index contributed by atoms with van der Waals surface area (Å²) in [5.41, 5.74) is 0. The van der Waals surface area contributed by atoms with Gasteiger partial charge in [-0.3, -0.25) is 40.5 Å². The fourth-order valence-electron chi connectivity index (χ4n) is 1.75. The van der Waals surface area contributed by atoms with Crippen LogP contribution in [0.1, 0.15) is 0 Å². The van der Waals surface area contributed by atoms with Gasteiger partial charge in [0.15, 0.2) is 24.9 Å². The van der Waals surface area contributed by atoms with Crippen molar-refractivity contribution in [1.29, 1.82) is 0 Å². The van der Waals surface area contributed by atoms with E-state index in [1.165, 1.54) is 0 Å². The van der Waals surface area contributed by atoms with E-state index in [9.17, 15) is 40.5 Å². The first-order chi connectivity index (χ1) is 12.9. The molecule has 156 valence electrons. The molecule has 4 atom stereocenters. The van der Waals surface area contributed by atoms with Crippen LogP contribution in [-0.4, -0.2) is 65.0 Å². The van der Waals surface area contributed by atoms with E-state index in [0.29, 0.717) is 0 Å². The Labute approximate surface area is 151 Å². The molecule has 28 heavy (non-hydrogen) atoms. The summed E-state index contributed by atoms with van der Waals surface area (Å²) in [6.45, 7) is 0. The Morgan fingerprint density at radius 1 is 0.571 bits per heavy atom. The molecule has 0 bridgehead atoms. The van der Waals surface area contributed by atoms with Gasteiger partial charge in [0.1, 0.15) is 19.7 Å². The summed E-state index contributed by atoms with van der Waals surface area (Å²) < 4.78 is 0. The molecular weight excluding hydrogens is 400 g/mol. The molecule has 2 rings (SSSR count). The molecule has 0 saturated carbocycles. The molecule has 2 heterocycles. The maximum Gasteiger partial charge on any atom is 0.599 e. The van der Waals surface area contributed by atoms with Crippen LogP contribution in [0.15, 0.2) is 23.3 Å². The van der Waals surface area contributed by atoms with Crippen molar-refractivity contribution in [3.63, 3.8) is 0 Å². The van der Waals surface area contributed by atoms with E-state index in [1.54, 1.807) is 0 Å². The van der Waals surface area contributed by atoms with Crippen molar-refractivity contribution in [1.82, 2.24) is 21.3 Å². The smallest absolute Gasteiger partial charge is 0.369 e. The van der Waals surface area contributed by atoms with Crippen LogP contribution < -0.4 is 21.3 Å². The third-order valence-electron chi connectivity index (χ3n) is 2.91. The molecule has 0 aromatic rings. The summed E-state index contributed by atoms with van der Waals surface area (Å²) >= 11 is 0. The van der Waals surface area contributed by atoms with Crippen LogP contribution in [0.5, 0.6) is 0 Å². The molecule has 2 aliphatic heterocycles. The minimum absolute atomic E-state index is 0.625. The molecule has 8 N–H and O–H groups in total. The second kappa shape index (κ2) is 8.67. The monoisotopic (exact) mass is 412 g/mol. The zero-order valence-electron chi connectivity index (χ0n) is 13.2. The summed E-state index contributed by atoms with van der Waals surface area (Å²) in [5.74, 6) is -3.97. The van der Waals surface area contributed by atoms with Gasteiger partial charge in [-0.25, -0.2) is 0 Å². The first kappa shape index (κ1) is 22.2. The molecule has 20 heteroatoms. The Morgan fingerprint density at radius 3 is 0.893 bits per heavy atom. The normalized spacial score (nSPS) is 25.1. The average Bonchev–Trinajstić information content (AvgIpc) is 3.01. The Kier molecular flexibility index (Phi) is 6.86. The number of hydrogen-bond donors (Lipinski definition) is 8. The molecule has 2 saturated heterocycles. The van der Waals surface area contributed by atoms with E-state index in [0.717, 1.165) is 0 Å². The molecule has 20 nitrogen and oxygen atoms in total. The van der Waals surface area contributed by atoms with Crippen molar-refractivity contribution in [3.05, 3.63) is 63.7 Å². The van der Waals surface area contributed by atoms with E-state index < -0.39 is 67.9 Å². The van der Waals surface area contributed by atoms with Crippen molar-refractivity contribution in [2.24, 2.45) is 0 Å². The van der Waals surface area contributed by atoms with Crippen molar-refractivity contribution < 1.29 is 40.1 Å². The standard InChI is InChI=1S/2C4H6N4O6/c2*9-2-3(10)6-1(5-2)4(7(11)12)8(13)14/h2*2-3,5-6,9-10H/t2*2-,3-/m10/s1. The number of nitrogens with zero attached hydrogens (tertiary/aromatic N) is 4. The minimum atomic E-state index is -1.51. The summed E-state index contributed by atoms with van der Waals surface area (Å²) in [7, 11) is 0. The summed E-state index contributed by atoms with van der Waals surface area (Å²) in [5, 5.41) is 84.2. The summed E-state index contributed by atoms with van der Waals surface area (Å²) in [6, 6.07) is 0. The zero-order valence-corrected chi connectivity index (χ0v) is 13.2. The third-order valence-corrected chi connectivity index (χ3v) is 2.91. The van der Waals surface area contributed by atoms with Crippen molar-refractivity contribution in [2.75, 3.05) is 0 Å². The molecule has 0 amide bonds. The molecule has 0 unspecified atom stereocenters. The van der Waals surface area contributed by atoms with Gasteiger partial charge in [-0.05, 0) is 0 Å². The molecule has 2 aliphatic rings. The van der Waals surface area contributed by atoms with Gasteiger partial charge >= 0.3 is 11.6 Å². The first-order valence-electron chi connectivity index (χ1n) is 6.71. The zero-order chi connectivity index (χ0) is 21.8. The second-order valence-electron chi connectivity index (χ2n) is 4.78. The molecule has 0 aliphatic carbocycles. The number of aliphatic hydroxyl groups excluding tert-OH is 4. The fourth-order valence-corrected chi connectivity index (χ4v) is 1.75. The largest absolute Gasteiger partial charge is 0.599 e. The van der Waals surface area contributed by atoms with Gasteiger partial charge in [0.2, 0.25) is 0 Å². The van der Waals surface area contributed by atoms with Crippen LogP contribution >= 0.6 is 0 Å². The molecule has 2 fully saturated rings. The van der Waals surface area contributed by atoms with Crippen LogP contribution in [0.4, 0.5) is 0 Å². The van der Waals surface area contributed by atoms with Crippen LogP contribution in [0.2, 0.25) is 0 Å². The average molecular weight is 412 g/mol. The van der Waals surface area contributed by atoms with Crippen LogP contribution in [0.25, 0.3) is 0 Å². The lowest BCUT2D eigenvalue weighted by Crippen LogP contribution is -2.32. The molecule has 0 aromatic carbocycles. The van der Waals surface area contributed by atoms with Crippen LogP contribution in [-0.2, 0) is 0 Å². The molecular formula is C8H12N8O12. The summed E-state index contributed by atoms with van der Waals surface area (Å²) in [4.78, 5) is 35.9. The van der Waals surface area contributed by atoms with E-state index in [1.807, 2.05) is 21.3 Å². The number of aliphatic hydroxyl groups is 4. The highest BCUT2D eigenvalue weighted by Crippen LogP contribution is 2.09. The Balaban J connectivity index is 0.000000280. The second-order valence-corrected chi connectivity index (χ2v) is 4.78. The maximum atomic E-state index is 10.2. The highest BCUT2D eigenvalue weighted by atomic mass is 16.7. The predicted molar refractivity (Wildman–Crippen MR) is 78.6 cm³/mol. The SMILES string of the molecule is O=[N+]([O-])C(=C1N[C@@H](O)[C@H](O)N1)[N+](=O)[O-].O=[N+]([O-])C(=C1N[C@H](O)[C@@H](O)N1)[N+](=O)[O-]. The highest BCUT2D eigenvalue weighted by molar-refractivity contribution is 5.05. The number of nitrogens with one attached hydrogen (secondary N) is 4. The van der Waals surface area contributed by atoms with Gasteiger partial charge in [0.05, 0.1) is 0 Å². The van der Waals surface area contributed by atoms with E-state index in [4.69, 9.17) is 20.4 Å². The highest BCUT2D eigenvalue weighted by Gasteiger charge is 2.41. The van der Waals surface area contributed by atoms with Crippen molar-refractivity contribution in [2.45, 2.75) is 24.9 Å². The number of rotatable bonds is 4. The maximum absolute atomic E-state index is 10.2. The van der Waals surface area contributed by atoms with Gasteiger partial charge in [0.25, 0.3) is 11.6 Å². The van der Waals surface area contributed by atoms with Crippen LogP contribution in [0.3, 0.4) is 0 Å². The Morgan fingerprint density at radius 2 is 0.750 bits per heavy atom.